The van der Waals surface area contributed by atoms with E-state index in [4.69, 9.17) is 10.6 Å². The average molecular weight is 250 g/mol. The average Bonchev–Trinajstić information content (AvgIpc) is 2.36. The number of rotatable bonds is 5. The van der Waals surface area contributed by atoms with E-state index < -0.39 is 0 Å². The van der Waals surface area contributed by atoms with Crippen molar-refractivity contribution in [1.29, 1.82) is 0 Å². The van der Waals surface area contributed by atoms with Crippen LogP contribution in [-0.2, 0) is 0 Å². The molecular formula is C13H22N4O. The fourth-order valence-corrected chi connectivity index (χ4v) is 1.35. The number of hydrogen-bond acceptors (Lipinski definition) is 3. The van der Waals surface area contributed by atoms with Crippen LogP contribution in [0, 0.1) is 0 Å². The van der Waals surface area contributed by atoms with Gasteiger partial charge in [-0.25, -0.2) is 10.8 Å². The van der Waals surface area contributed by atoms with E-state index in [2.05, 4.69) is 22.7 Å². The zero-order valence-corrected chi connectivity index (χ0v) is 11.2. The van der Waals surface area contributed by atoms with Crippen LogP contribution in [0.5, 0.6) is 5.75 Å². The van der Waals surface area contributed by atoms with Crippen LogP contribution in [0.1, 0.15) is 27.2 Å². The van der Waals surface area contributed by atoms with Crippen molar-refractivity contribution in [2.24, 2.45) is 10.8 Å². The van der Waals surface area contributed by atoms with Gasteiger partial charge in [0.2, 0.25) is 5.96 Å². The highest BCUT2D eigenvalue weighted by Gasteiger charge is 2.00. The first-order chi connectivity index (χ1) is 8.65. The molecule has 5 heteroatoms. The molecule has 0 aliphatic rings. The Hall–Kier alpha value is -1.75. The Balaban J connectivity index is 2.62. The molecule has 0 saturated heterocycles. The monoisotopic (exact) mass is 250 g/mol. The largest absolute Gasteiger partial charge is 0.494 e. The van der Waals surface area contributed by atoms with Gasteiger partial charge in [0.15, 0.2) is 0 Å². The predicted molar refractivity (Wildman–Crippen MR) is 75.7 cm³/mol. The maximum atomic E-state index is 5.51. The molecule has 0 aliphatic carbocycles. The molecular weight excluding hydrogens is 228 g/mol. The van der Waals surface area contributed by atoms with Gasteiger partial charge >= 0.3 is 0 Å². The van der Waals surface area contributed by atoms with E-state index in [1.807, 2.05) is 38.1 Å². The highest BCUT2D eigenvalue weighted by Crippen LogP contribution is 2.15. The SMILES string of the molecule is CCCOc1ccc(NC(=NC(C)C)NN)cc1. The van der Waals surface area contributed by atoms with Crippen LogP contribution in [0.25, 0.3) is 0 Å². The molecule has 0 amide bonds. The van der Waals surface area contributed by atoms with Crippen molar-refractivity contribution in [3.8, 4) is 5.75 Å². The van der Waals surface area contributed by atoms with Gasteiger partial charge in [-0.05, 0) is 44.5 Å². The summed E-state index contributed by atoms with van der Waals surface area (Å²) in [7, 11) is 0. The van der Waals surface area contributed by atoms with E-state index in [-0.39, 0.29) is 6.04 Å². The van der Waals surface area contributed by atoms with E-state index in [0.717, 1.165) is 24.5 Å². The summed E-state index contributed by atoms with van der Waals surface area (Å²) in [4.78, 5) is 4.30. The van der Waals surface area contributed by atoms with Crippen molar-refractivity contribution in [2.75, 3.05) is 11.9 Å². The summed E-state index contributed by atoms with van der Waals surface area (Å²) in [5.74, 6) is 6.81. The zero-order chi connectivity index (χ0) is 13.4. The van der Waals surface area contributed by atoms with Gasteiger partial charge in [-0.15, -0.1) is 0 Å². The first-order valence-electron chi connectivity index (χ1n) is 6.20. The summed E-state index contributed by atoms with van der Waals surface area (Å²) < 4.78 is 5.51. The number of aliphatic imine (C=N–C) groups is 1. The van der Waals surface area contributed by atoms with Crippen molar-refractivity contribution in [1.82, 2.24) is 5.43 Å². The molecule has 18 heavy (non-hydrogen) atoms. The second-order valence-corrected chi connectivity index (χ2v) is 4.21. The van der Waals surface area contributed by atoms with Crippen molar-refractivity contribution in [3.05, 3.63) is 24.3 Å². The van der Waals surface area contributed by atoms with Crippen molar-refractivity contribution in [3.63, 3.8) is 0 Å². The molecule has 4 N–H and O–H groups in total. The molecule has 1 aromatic carbocycles. The highest BCUT2D eigenvalue weighted by atomic mass is 16.5. The number of nitrogens with one attached hydrogen (secondary N) is 2. The lowest BCUT2D eigenvalue weighted by molar-refractivity contribution is 0.317. The Morgan fingerprint density at radius 3 is 2.50 bits per heavy atom. The minimum absolute atomic E-state index is 0.177. The van der Waals surface area contributed by atoms with E-state index in [0.29, 0.717) is 5.96 Å². The van der Waals surface area contributed by atoms with Crippen molar-refractivity contribution < 1.29 is 4.74 Å². The van der Waals surface area contributed by atoms with Gasteiger partial charge in [0.25, 0.3) is 0 Å². The first-order valence-corrected chi connectivity index (χ1v) is 6.20. The van der Waals surface area contributed by atoms with Gasteiger partial charge in [-0.2, -0.15) is 0 Å². The second-order valence-electron chi connectivity index (χ2n) is 4.21. The van der Waals surface area contributed by atoms with Crippen molar-refractivity contribution >= 4 is 11.6 Å². The molecule has 5 nitrogen and oxygen atoms in total. The Bertz CT molecular complexity index is 373. The number of hydrogen-bond donors (Lipinski definition) is 3. The van der Waals surface area contributed by atoms with Gasteiger partial charge in [0.05, 0.1) is 6.61 Å². The number of nitrogens with zero attached hydrogens (tertiary/aromatic N) is 1. The number of ether oxygens (including phenoxy) is 1. The Morgan fingerprint density at radius 1 is 1.33 bits per heavy atom. The van der Waals surface area contributed by atoms with Gasteiger partial charge in [0, 0.05) is 11.7 Å². The second kappa shape index (κ2) is 7.55. The summed E-state index contributed by atoms with van der Waals surface area (Å²) in [6, 6.07) is 7.87. The molecule has 0 bridgehead atoms. The van der Waals surface area contributed by atoms with Crippen LogP contribution >= 0.6 is 0 Å². The van der Waals surface area contributed by atoms with Crippen LogP contribution < -0.4 is 21.3 Å². The van der Waals surface area contributed by atoms with Crippen LogP contribution in [0.4, 0.5) is 5.69 Å². The number of nitrogens with two attached hydrogens (primary N) is 1. The molecule has 0 heterocycles. The quantitative estimate of drug-likeness (QED) is 0.324. The number of hydrazine groups is 1. The minimum Gasteiger partial charge on any atom is -0.494 e. The van der Waals surface area contributed by atoms with Crippen LogP contribution in [0.2, 0.25) is 0 Å². The Labute approximate surface area is 108 Å². The third-order valence-electron chi connectivity index (χ3n) is 2.11. The van der Waals surface area contributed by atoms with E-state index >= 15 is 0 Å². The lowest BCUT2D eigenvalue weighted by atomic mass is 10.3. The molecule has 100 valence electrons. The van der Waals surface area contributed by atoms with Gasteiger partial charge in [0.1, 0.15) is 5.75 Å². The Kier molecular flexibility index (Phi) is 6.00. The third kappa shape index (κ3) is 5.05. The topological polar surface area (TPSA) is 71.7 Å². The smallest absolute Gasteiger partial charge is 0.210 e. The molecule has 0 saturated carbocycles. The lowest BCUT2D eigenvalue weighted by Crippen LogP contribution is -2.36. The molecule has 0 unspecified atom stereocenters. The molecule has 0 spiro atoms. The zero-order valence-electron chi connectivity index (χ0n) is 11.2. The van der Waals surface area contributed by atoms with Crippen LogP contribution in [-0.4, -0.2) is 18.6 Å². The first kappa shape index (κ1) is 14.3. The summed E-state index contributed by atoms with van der Waals surface area (Å²) in [5, 5.41) is 3.10. The summed E-state index contributed by atoms with van der Waals surface area (Å²) in [6.45, 7) is 6.79. The predicted octanol–water partition coefficient (Wildman–Crippen LogP) is 2.11. The van der Waals surface area contributed by atoms with Gasteiger partial charge in [-0.3, -0.25) is 5.43 Å². The summed E-state index contributed by atoms with van der Waals surface area (Å²) in [6.07, 6.45) is 1.00. The molecule has 0 radical (unpaired) electrons. The normalized spacial score (nSPS) is 11.5. The summed E-state index contributed by atoms with van der Waals surface area (Å²) >= 11 is 0. The maximum absolute atomic E-state index is 5.51. The van der Waals surface area contributed by atoms with Crippen LogP contribution in [0.3, 0.4) is 0 Å². The van der Waals surface area contributed by atoms with Gasteiger partial charge in [-0.1, -0.05) is 6.92 Å². The number of benzene rings is 1. The number of guanidine groups is 1. The fraction of sp³-hybridized carbons (Fsp3) is 0.462. The summed E-state index contributed by atoms with van der Waals surface area (Å²) in [5.41, 5.74) is 3.45. The minimum atomic E-state index is 0.177. The lowest BCUT2D eigenvalue weighted by Gasteiger charge is -2.11. The molecule has 0 aromatic heterocycles. The standard InChI is InChI=1S/C13H22N4O/c1-4-9-18-12-7-5-11(6-8-12)16-13(17-14)15-10(2)3/h5-8,10H,4,9,14H2,1-3H3,(H2,15,16,17). The molecule has 0 atom stereocenters. The molecule has 0 aliphatic heterocycles. The van der Waals surface area contributed by atoms with Crippen molar-refractivity contribution in [2.45, 2.75) is 33.2 Å². The van der Waals surface area contributed by atoms with Crippen LogP contribution in [0.15, 0.2) is 29.3 Å². The molecule has 0 fully saturated rings. The van der Waals surface area contributed by atoms with E-state index in [9.17, 15) is 0 Å². The van der Waals surface area contributed by atoms with E-state index in [1.54, 1.807) is 0 Å². The van der Waals surface area contributed by atoms with Gasteiger partial charge < -0.3 is 10.1 Å². The van der Waals surface area contributed by atoms with E-state index in [1.165, 1.54) is 0 Å². The molecule has 1 aromatic rings. The maximum Gasteiger partial charge on any atom is 0.210 e. The Morgan fingerprint density at radius 2 is 2.00 bits per heavy atom. The fourth-order valence-electron chi connectivity index (χ4n) is 1.35. The molecule has 1 rings (SSSR count). The highest BCUT2D eigenvalue weighted by molar-refractivity contribution is 5.93. The number of anilines is 1. The third-order valence-corrected chi connectivity index (χ3v) is 2.11.